The lowest BCUT2D eigenvalue weighted by atomic mass is 10.2. The highest BCUT2D eigenvalue weighted by Crippen LogP contribution is 2.11. The Morgan fingerprint density at radius 2 is 1.90 bits per heavy atom. The zero-order valence-corrected chi connectivity index (χ0v) is 7.37. The monoisotopic (exact) mass is 170 g/mol. The number of rotatable bonds is 3. The molecule has 0 saturated heterocycles. The maximum absolute atomic E-state index is 4.11. The van der Waals surface area contributed by atoms with Crippen molar-refractivity contribution in [2.75, 3.05) is 5.08 Å². The van der Waals surface area contributed by atoms with Gasteiger partial charge in [-0.1, -0.05) is 30.3 Å². The van der Waals surface area contributed by atoms with Crippen molar-refractivity contribution < 1.29 is 0 Å². The van der Waals surface area contributed by atoms with E-state index in [2.05, 4.69) is 36.9 Å². The molecule has 0 heterocycles. The van der Waals surface area contributed by atoms with Gasteiger partial charge in [-0.05, 0) is 5.56 Å². The van der Waals surface area contributed by atoms with Crippen LogP contribution in [-0.4, -0.2) is 5.08 Å². The standard InChI is InChI=1S/C8H10S2/c9-7-10-6-8-4-2-1-3-5-8/h1-5,9H,6-7H2. The summed E-state index contributed by atoms with van der Waals surface area (Å²) < 4.78 is 0. The van der Waals surface area contributed by atoms with Gasteiger partial charge in [0.1, 0.15) is 0 Å². The Morgan fingerprint density at radius 3 is 2.50 bits per heavy atom. The average Bonchev–Trinajstić information content (AvgIpc) is 2.03. The van der Waals surface area contributed by atoms with Crippen LogP contribution in [-0.2, 0) is 5.75 Å². The molecule has 2 heteroatoms. The zero-order valence-electron chi connectivity index (χ0n) is 5.66. The molecular formula is C8H10S2. The predicted molar refractivity (Wildman–Crippen MR) is 51.6 cm³/mol. The van der Waals surface area contributed by atoms with Gasteiger partial charge in [0.2, 0.25) is 0 Å². The van der Waals surface area contributed by atoms with Crippen LogP contribution in [0.5, 0.6) is 0 Å². The van der Waals surface area contributed by atoms with Crippen molar-refractivity contribution in [3.63, 3.8) is 0 Å². The predicted octanol–water partition coefficient (Wildman–Crippen LogP) is 2.81. The van der Waals surface area contributed by atoms with E-state index in [4.69, 9.17) is 0 Å². The second kappa shape index (κ2) is 4.69. The topological polar surface area (TPSA) is 0 Å². The van der Waals surface area contributed by atoms with Gasteiger partial charge in [0.25, 0.3) is 0 Å². The molecule has 0 nitrogen and oxygen atoms in total. The Morgan fingerprint density at radius 1 is 1.20 bits per heavy atom. The number of thiol groups is 1. The summed E-state index contributed by atoms with van der Waals surface area (Å²) in [6.45, 7) is 0. The first-order chi connectivity index (χ1) is 4.93. The van der Waals surface area contributed by atoms with Crippen molar-refractivity contribution in [2.45, 2.75) is 5.75 Å². The van der Waals surface area contributed by atoms with E-state index in [-0.39, 0.29) is 0 Å². The van der Waals surface area contributed by atoms with Crippen LogP contribution in [0.1, 0.15) is 5.56 Å². The lowest BCUT2D eigenvalue weighted by molar-refractivity contribution is 1.42. The maximum Gasteiger partial charge on any atom is 0.0365 e. The van der Waals surface area contributed by atoms with Gasteiger partial charge >= 0.3 is 0 Å². The first-order valence-electron chi connectivity index (χ1n) is 3.16. The molecule has 0 aliphatic carbocycles. The van der Waals surface area contributed by atoms with E-state index in [1.165, 1.54) is 5.56 Å². The molecule has 0 spiro atoms. The number of benzene rings is 1. The first kappa shape index (κ1) is 8.02. The largest absolute Gasteiger partial charge is 0.168 e. The van der Waals surface area contributed by atoms with Gasteiger partial charge in [0, 0.05) is 10.8 Å². The summed E-state index contributed by atoms with van der Waals surface area (Å²) in [7, 11) is 0. The molecule has 0 amide bonds. The molecule has 1 aromatic carbocycles. The van der Waals surface area contributed by atoms with Crippen molar-refractivity contribution in [1.29, 1.82) is 0 Å². The zero-order chi connectivity index (χ0) is 7.23. The van der Waals surface area contributed by atoms with Crippen LogP contribution in [0.3, 0.4) is 0 Å². The highest BCUT2D eigenvalue weighted by Gasteiger charge is 1.87. The van der Waals surface area contributed by atoms with E-state index < -0.39 is 0 Å². The average molecular weight is 170 g/mol. The molecule has 0 N–H and O–H groups in total. The van der Waals surface area contributed by atoms with Gasteiger partial charge < -0.3 is 0 Å². The molecule has 0 bridgehead atoms. The first-order valence-corrected chi connectivity index (χ1v) is 4.94. The highest BCUT2D eigenvalue weighted by molar-refractivity contribution is 8.08. The molecular weight excluding hydrogens is 160 g/mol. The van der Waals surface area contributed by atoms with Crippen LogP contribution in [0.2, 0.25) is 0 Å². The van der Waals surface area contributed by atoms with Crippen molar-refractivity contribution in [3.8, 4) is 0 Å². The summed E-state index contributed by atoms with van der Waals surface area (Å²) in [5.41, 5.74) is 1.38. The van der Waals surface area contributed by atoms with Gasteiger partial charge in [-0.3, -0.25) is 0 Å². The van der Waals surface area contributed by atoms with Crippen LogP contribution in [0.15, 0.2) is 30.3 Å². The Kier molecular flexibility index (Phi) is 3.76. The van der Waals surface area contributed by atoms with E-state index in [1.807, 2.05) is 17.8 Å². The molecule has 0 unspecified atom stereocenters. The van der Waals surface area contributed by atoms with E-state index in [0.29, 0.717) is 0 Å². The van der Waals surface area contributed by atoms with Gasteiger partial charge in [-0.25, -0.2) is 0 Å². The van der Waals surface area contributed by atoms with Gasteiger partial charge in [0.15, 0.2) is 0 Å². The Balaban J connectivity index is 2.43. The van der Waals surface area contributed by atoms with Gasteiger partial charge in [-0.2, -0.15) is 12.6 Å². The SMILES string of the molecule is SCSCc1ccccc1. The molecule has 0 fully saturated rings. The second-order valence-corrected chi connectivity index (χ2v) is 3.69. The third-order valence-electron chi connectivity index (χ3n) is 1.20. The van der Waals surface area contributed by atoms with E-state index >= 15 is 0 Å². The minimum atomic E-state index is 0.898. The molecule has 1 rings (SSSR count). The van der Waals surface area contributed by atoms with Crippen LogP contribution in [0.4, 0.5) is 0 Å². The fourth-order valence-electron chi connectivity index (χ4n) is 0.738. The Labute approximate surface area is 71.4 Å². The maximum atomic E-state index is 4.11. The summed E-state index contributed by atoms with van der Waals surface area (Å²) in [6.07, 6.45) is 0. The second-order valence-electron chi connectivity index (χ2n) is 1.96. The molecule has 0 radical (unpaired) electrons. The summed E-state index contributed by atoms with van der Waals surface area (Å²) in [4.78, 5) is 0. The van der Waals surface area contributed by atoms with Gasteiger partial charge in [-0.15, -0.1) is 11.8 Å². The minimum absolute atomic E-state index is 0.898. The number of hydrogen-bond acceptors (Lipinski definition) is 2. The third-order valence-corrected chi connectivity index (χ3v) is 2.47. The Bertz CT molecular complexity index is 172. The molecule has 0 aliphatic rings. The number of hydrogen-bond donors (Lipinski definition) is 1. The molecule has 0 aliphatic heterocycles. The molecule has 0 saturated carbocycles. The minimum Gasteiger partial charge on any atom is -0.168 e. The summed E-state index contributed by atoms with van der Waals surface area (Å²) in [5.74, 6) is 1.07. The van der Waals surface area contributed by atoms with Crippen molar-refractivity contribution in [1.82, 2.24) is 0 Å². The fourth-order valence-corrected chi connectivity index (χ4v) is 1.53. The van der Waals surface area contributed by atoms with E-state index in [9.17, 15) is 0 Å². The van der Waals surface area contributed by atoms with Crippen molar-refractivity contribution in [3.05, 3.63) is 35.9 Å². The molecule has 0 aromatic heterocycles. The lowest BCUT2D eigenvalue weighted by Crippen LogP contribution is -1.76. The van der Waals surface area contributed by atoms with Crippen LogP contribution in [0, 0.1) is 0 Å². The van der Waals surface area contributed by atoms with E-state index in [0.717, 1.165) is 10.8 Å². The normalized spacial score (nSPS) is 9.70. The number of thioether (sulfide) groups is 1. The third kappa shape index (κ3) is 2.67. The smallest absolute Gasteiger partial charge is 0.0365 e. The van der Waals surface area contributed by atoms with E-state index in [1.54, 1.807) is 0 Å². The Hall–Kier alpha value is -0.0800. The molecule has 1 aromatic rings. The quantitative estimate of drug-likeness (QED) is 0.537. The molecule has 10 heavy (non-hydrogen) atoms. The van der Waals surface area contributed by atoms with Crippen LogP contribution >= 0.6 is 24.4 Å². The van der Waals surface area contributed by atoms with Crippen molar-refractivity contribution >= 4 is 24.4 Å². The molecule has 54 valence electrons. The highest BCUT2D eigenvalue weighted by atomic mass is 32.2. The van der Waals surface area contributed by atoms with Gasteiger partial charge in [0.05, 0.1) is 0 Å². The van der Waals surface area contributed by atoms with Crippen molar-refractivity contribution in [2.24, 2.45) is 0 Å². The van der Waals surface area contributed by atoms with Crippen LogP contribution in [0.25, 0.3) is 0 Å². The van der Waals surface area contributed by atoms with Crippen LogP contribution < -0.4 is 0 Å². The summed E-state index contributed by atoms with van der Waals surface area (Å²) >= 11 is 5.94. The summed E-state index contributed by atoms with van der Waals surface area (Å²) in [5, 5.41) is 0.898. The lowest BCUT2D eigenvalue weighted by Gasteiger charge is -1.96. The summed E-state index contributed by atoms with van der Waals surface area (Å²) in [6, 6.07) is 10.4. The fraction of sp³-hybridized carbons (Fsp3) is 0.250. The molecule has 0 atom stereocenters.